The van der Waals surface area contributed by atoms with Crippen LogP contribution in [0.1, 0.15) is 25.6 Å². The summed E-state index contributed by atoms with van der Waals surface area (Å²) in [5, 5.41) is 2.07. The summed E-state index contributed by atoms with van der Waals surface area (Å²) in [6.45, 7) is 6.75. The first-order valence-corrected chi connectivity index (χ1v) is 6.91. The number of hydrazine groups is 1. The van der Waals surface area contributed by atoms with E-state index in [9.17, 15) is 0 Å². The Bertz CT molecular complexity index is 322. The van der Waals surface area contributed by atoms with E-state index < -0.39 is 0 Å². The minimum Gasteiger partial charge on any atom is -0.374 e. The highest BCUT2D eigenvalue weighted by molar-refractivity contribution is 9.10. The first-order valence-electron chi connectivity index (χ1n) is 5.24. The molecule has 1 atom stereocenters. The molecule has 0 aromatic carbocycles. The minimum absolute atomic E-state index is 0.123. The van der Waals surface area contributed by atoms with Gasteiger partial charge in [-0.2, -0.15) is 0 Å². The zero-order chi connectivity index (χ0) is 12.2. The molecule has 0 saturated carbocycles. The summed E-state index contributed by atoms with van der Waals surface area (Å²) < 4.78 is 6.86. The molecule has 0 amide bonds. The smallest absolute Gasteiger partial charge is 0.0643 e. The maximum atomic E-state index is 5.72. The van der Waals surface area contributed by atoms with Crippen molar-refractivity contribution in [2.45, 2.75) is 38.8 Å². The number of hydrogen-bond donors (Lipinski definition) is 2. The Hall–Kier alpha value is 0.0600. The summed E-state index contributed by atoms with van der Waals surface area (Å²) in [6, 6.07) is 2.20. The topological polar surface area (TPSA) is 47.3 Å². The van der Waals surface area contributed by atoms with E-state index >= 15 is 0 Å². The van der Waals surface area contributed by atoms with Crippen LogP contribution in [0.2, 0.25) is 0 Å². The average molecular weight is 307 g/mol. The molecule has 0 aliphatic heterocycles. The van der Waals surface area contributed by atoms with Gasteiger partial charge in [0.1, 0.15) is 0 Å². The molecule has 5 heteroatoms. The third-order valence-corrected chi connectivity index (χ3v) is 4.02. The Balaban J connectivity index is 2.47. The number of ether oxygens (including phenoxy) is 1. The number of nitrogens with one attached hydrogen (secondary N) is 1. The summed E-state index contributed by atoms with van der Waals surface area (Å²) in [7, 11) is 0. The van der Waals surface area contributed by atoms with Gasteiger partial charge in [0.25, 0.3) is 0 Å². The fourth-order valence-corrected chi connectivity index (χ4v) is 2.81. The molecule has 0 aliphatic carbocycles. The summed E-state index contributed by atoms with van der Waals surface area (Å²) in [5.74, 6) is 5.53. The van der Waals surface area contributed by atoms with E-state index in [0.29, 0.717) is 6.61 Å². The predicted octanol–water partition coefficient (Wildman–Crippen LogP) is 2.70. The predicted molar refractivity (Wildman–Crippen MR) is 72.5 cm³/mol. The zero-order valence-corrected chi connectivity index (χ0v) is 12.3. The molecule has 1 aromatic heterocycles. The van der Waals surface area contributed by atoms with Crippen LogP contribution in [0.25, 0.3) is 0 Å². The maximum absolute atomic E-state index is 5.72. The lowest BCUT2D eigenvalue weighted by Crippen LogP contribution is -2.42. The van der Waals surface area contributed by atoms with Crippen molar-refractivity contribution in [3.63, 3.8) is 0 Å². The van der Waals surface area contributed by atoms with E-state index in [4.69, 9.17) is 10.6 Å². The third kappa shape index (κ3) is 4.93. The van der Waals surface area contributed by atoms with Crippen molar-refractivity contribution < 1.29 is 4.74 Å². The highest BCUT2D eigenvalue weighted by atomic mass is 79.9. The van der Waals surface area contributed by atoms with Gasteiger partial charge in [0, 0.05) is 21.8 Å². The largest absolute Gasteiger partial charge is 0.374 e. The fraction of sp³-hybridized carbons (Fsp3) is 0.636. The number of hydrogen-bond acceptors (Lipinski definition) is 4. The number of nitrogens with two attached hydrogens (primary N) is 1. The Morgan fingerprint density at radius 1 is 1.56 bits per heavy atom. The van der Waals surface area contributed by atoms with Crippen LogP contribution in [0.5, 0.6) is 0 Å². The lowest BCUT2D eigenvalue weighted by molar-refractivity contribution is -0.0142. The Morgan fingerprint density at radius 3 is 2.69 bits per heavy atom. The molecule has 0 saturated heterocycles. The molecule has 0 fully saturated rings. The van der Waals surface area contributed by atoms with Crippen LogP contribution in [0, 0.1) is 0 Å². The molecule has 0 aliphatic rings. The van der Waals surface area contributed by atoms with Gasteiger partial charge in [0.2, 0.25) is 0 Å². The van der Waals surface area contributed by atoms with Gasteiger partial charge < -0.3 is 4.74 Å². The van der Waals surface area contributed by atoms with E-state index in [1.54, 1.807) is 11.3 Å². The second-order valence-corrected chi connectivity index (χ2v) is 6.54. The molecule has 3 N–H and O–H groups in total. The molecular formula is C11H19BrN2OS. The van der Waals surface area contributed by atoms with Crippen molar-refractivity contribution in [3.05, 3.63) is 20.8 Å². The quantitative estimate of drug-likeness (QED) is 0.649. The van der Waals surface area contributed by atoms with E-state index in [-0.39, 0.29) is 11.6 Å². The van der Waals surface area contributed by atoms with Gasteiger partial charge in [0.05, 0.1) is 12.2 Å². The van der Waals surface area contributed by atoms with Gasteiger partial charge >= 0.3 is 0 Å². The maximum Gasteiger partial charge on any atom is 0.0643 e. The van der Waals surface area contributed by atoms with E-state index in [0.717, 1.165) is 10.9 Å². The molecular weight excluding hydrogens is 288 g/mol. The third-order valence-electron chi connectivity index (χ3n) is 2.08. The van der Waals surface area contributed by atoms with Crippen molar-refractivity contribution in [2.24, 2.45) is 5.84 Å². The molecule has 0 spiro atoms. The van der Waals surface area contributed by atoms with E-state index in [1.165, 1.54) is 4.88 Å². The Kier molecular flexibility index (Phi) is 5.40. The monoisotopic (exact) mass is 306 g/mol. The van der Waals surface area contributed by atoms with Crippen LogP contribution in [0.3, 0.4) is 0 Å². The van der Waals surface area contributed by atoms with Gasteiger partial charge in [-0.1, -0.05) is 0 Å². The van der Waals surface area contributed by atoms with Gasteiger partial charge in [-0.3, -0.25) is 11.3 Å². The van der Waals surface area contributed by atoms with Crippen LogP contribution in [0.4, 0.5) is 0 Å². The Morgan fingerprint density at radius 2 is 2.25 bits per heavy atom. The van der Waals surface area contributed by atoms with Crippen molar-refractivity contribution in [2.75, 3.05) is 6.61 Å². The standard InChI is InChI=1S/C11H19BrN2OS/c1-11(2,3)15-7-8(14-13)6-10-9(12)4-5-16-10/h4-5,8,14H,6-7,13H2,1-3H3. The van der Waals surface area contributed by atoms with Crippen LogP contribution in [-0.2, 0) is 11.2 Å². The summed E-state index contributed by atoms with van der Waals surface area (Å²) in [5.41, 5.74) is 2.68. The summed E-state index contributed by atoms with van der Waals surface area (Å²) in [6.07, 6.45) is 0.880. The molecule has 1 unspecified atom stereocenters. The van der Waals surface area contributed by atoms with E-state index in [2.05, 4.69) is 32.8 Å². The van der Waals surface area contributed by atoms with Crippen LogP contribution in [0.15, 0.2) is 15.9 Å². The second-order valence-electron chi connectivity index (χ2n) is 4.68. The lowest BCUT2D eigenvalue weighted by Gasteiger charge is -2.24. The fourth-order valence-electron chi connectivity index (χ4n) is 1.21. The minimum atomic E-state index is -0.123. The molecule has 0 radical (unpaired) electrons. The molecule has 3 nitrogen and oxygen atoms in total. The number of thiophene rings is 1. The van der Waals surface area contributed by atoms with Crippen LogP contribution < -0.4 is 11.3 Å². The van der Waals surface area contributed by atoms with Gasteiger partial charge in [-0.15, -0.1) is 11.3 Å². The van der Waals surface area contributed by atoms with Gasteiger partial charge in [-0.05, 0) is 48.1 Å². The van der Waals surface area contributed by atoms with E-state index in [1.807, 2.05) is 20.8 Å². The van der Waals surface area contributed by atoms with Gasteiger partial charge in [0.15, 0.2) is 0 Å². The average Bonchev–Trinajstić information content (AvgIpc) is 2.57. The van der Waals surface area contributed by atoms with Crippen molar-refractivity contribution in [1.29, 1.82) is 0 Å². The zero-order valence-electron chi connectivity index (χ0n) is 9.92. The van der Waals surface area contributed by atoms with Crippen molar-refractivity contribution in [3.8, 4) is 0 Å². The second kappa shape index (κ2) is 6.12. The van der Waals surface area contributed by atoms with Gasteiger partial charge in [-0.25, -0.2) is 0 Å². The summed E-state index contributed by atoms with van der Waals surface area (Å²) in [4.78, 5) is 1.29. The Labute approximate surface area is 109 Å². The molecule has 16 heavy (non-hydrogen) atoms. The summed E-state index contributed by atoms with van der Waals surface area (Å²) >= 11 is 5.24. The highest BCUT2D eigenvalue weighted by Crippen LogP contribution is 2.24. The molecule has 1 heterocycles. The first kappa shape index (κ1) is 14.1. The molecule has 92 valence electrons. The molecule has 0 bridgehead atoms. The SMILES string of the molecule is CC(C)(C)OCC(Cc1sccc1Br)NN. The molecule has 1 rings (SSSR count). The first-order chi connectivity index (χ1) is 7.42. The number of rotatable bonds is 5. The highest BCUT2D eigenvalue weighted by Gasteiger charge is 2.16. The number of halogens is 1. The lowest BCUT2D eigenvalue weighted by atomic mass is 10.1. The van der Waals surface area contributed by atoms with Crippen LogP contribution >= 0.6 is 27.3 Å². The van der Waals surface area contributed by atoms with Crippen molar-refractivity contribution in [1.82, 2.24) is 5.43 Å². The normalized spacial score (nSPS) is 14.1. The van der Waals surface area contributed by atoms with Crippen LogP contribution in [-0.4, -0.2) is 18.2 Å². The molecule has 1 aromatic rings. The van der Waals surface area contributed by atoms with Crippen molar-refractivity contribution >= 4 is 27.3 Å².